The number of urea groups is 1. The Morgan fingerprint density at radius 2 is 2.00 bits per heavy atom. The third-order valence-electron chi connectivity index (χ3n) is 3.59. The molecule has 0 spiro atoms. The van der Waals surface area contributed by atoms with E-state index in [2.05, 4.69) is 10.6 Å². The molecule has 2 heterocycles. The first-order valence-corrected chi connectivity index (χ1v) is 6.94. The van der Waals surface area contributed by atoms with Crippen molar-refractivity contribution in [3.8, 4) is 0 Å². The van der Waals surface area contributed by atoms with Crippen molar-refractivity contribution in [3.63, 3.8) is 0 Å². The summed E-state index contributed by atoms with van der Waals surface area (Å²) in [5.41, 5.74) is 1.91. The molecule has 0 radical (unpaired) electrons. The van der Waals surface area contributed by atoms with Crippen LogP contribution in [0.2, 0.25) is 5.02 Å². The van der Waals surface area contributed by atoms with Gasteiger partial charge in [0.05, 0.1) is 30.5 Å². The molecule has 0 saturated heterocycles. The fraction of sp³-hybridized carbons (Fsp3) is 0.286. The Labute approximate surface area is 126 Å². The summed E-state index contributed by atoms with van der Waals surface area (Å²) < 4.78 is 0. The summed E-state index contributed by atoms with van der Waals surface area (Å²) >= 11 is 5.87. The molecule has 3 amide bonds. The first-order chi connectivity index (χ1) is 10.1. The highest BCUT2D eigenvalue weighted by molar-refractivity contribution is 6.30. The molecule has 0 aromatic heterocycles. The lowest BCUT2D eigenvalue weighted by molar-refractivity contribution is -0.126. The van der Waals surface area contributed by atoms with Crippen LogP contribution in [0.15, 0.2) is 35.5 Å². The maximum absolute atomic E-state index is 12.4. The molecule has 0 unspecified atom stereocenters. The first kappa shape index (κ1) is 13.9. The average Bonchev–Trinajstić information content (AvgIpc) is 2.76. The SMILES string of the molecule is O=C1NC2=C(C(=O)N(CCO)C2)[C@@H](c2ccc(Cl)cc2)N1. The van der Waals surface area contributed by atoms with Gasteiger partial charge in [-0.3, -0.25) is 4.79 Å². The number of hydrogen-bond donors (Lipinski definition) is 3. The molecule has 21 heavy (non-hydrogen) atoms. The van der Waals surface area contributed by atoms with Gasteiger partial charge in [0.2, 0.25) is 0 Å². The first-order valence-electron chi connectivity index (χ1n) is 6.56. The Hall–Kier alpha value is -2.05. The summed E-state index contributed by atoms with van der Waals surface area (Å²) in [5.74, 6) is -0.175. The van der Waals surface area contributed by atoms with Gasteiger partial charge in [0.25, 0.3) is 5.91 Å². The molecule has 0 bridgehead atoms. The van der Waals surface area contributed by atoms with Crippen molar-refractivity contribution in [1.29, 1.82) is 0 Å². The highest BCUT2D eigenvalue weighted by atomic mass is 35.5. The Morgan fingerprint density at radius 1 is 1.29 bits per heavy atom. The number of nitrogens with zero attached hydrogens (tertiary/aromatic N) is 1. The zero-order chi connectivity index (χ0) is 15.0. The van der Waals surface area contributed by atoms with Crippen molar-refractivity contribution >= 4 is 23.5 Å². The van der Waals surface area contributed by atoms with Crippen LogP contribution in [0.1, 0.15) is 11.6 Å². The van der Waals surface area contributed by atoms with E-state index in [0.717, 1.165) is 5.56 Å². The molecule has 110 valence electrons. The third kappa shape index (κ3) is 2.48. The van der Waals surface area contributed by atoms with Gasteiger partial charge in [0.1, 0.15) is 0 Å². The molecule has 0 fully saturated rings. The Kier molecular flexibility index (Phi) is 3.57. The minimum absolute atomic E-state index is 0.112. The lowest BCUT2D eigenvalue weighted by atomic mass is 9.96. The Morgan fingerprint density at radius 3 is 2.67 bits per heavy atom. The molecule has 2 aliphatic heterocycles. The molecule has 1 aromatic rings. The zero-order valence-corrected chi connectivity index (χ0v) is 11.9. The number of halogens is 1. The molecule has 0 aliphatic carbocycles. The van der Waals surface area contributed by atoms with Gasteiger partial charge in [0, 0.05) is 11.6 Å². The second-order valence-electron chi connectivity index (χ2n) is 4.93. The predicted molar refractivity (Wildman–Crippen MR) is 76.6 cm³/mol. The standard InChI is InChI=1S/C14H14ClN3O3/c15-9-3-1-8(2-4-9)12-11-10(16-14(21)17-12)7-18(5-6-19)13(11)20/h1-4,12,19H,5-7H2,(H2,16,17,21)/t12-/m1/s1. The Bertz CT molecular complexity index is 627. The molecule has 3 rings (SSSR count). The number of carbonyl (C=O) groups is 2. The van der Waals surface area contributed by atoms with Crippen LogP contribution in [0.25, 0.3) is 0 Å². The van der Waals surface area contributed by atoms with Crippen molar-refractivity contribution in [1.82, 2.24) is 15.5 Å². The van der Waals surface area contributed by atoms with Crippen LogP contribution >= 0.6 is 11.6 Å². The maximum Gasteiger partial charge on any atom is 0.319 e. The third-order valence-corrected chi connectivity index (χ3v) is 3.85. The Balaban J connectivity index is 1.96. The van der Waals surface area contributed by atoms with Crippen LogP contribution in [-0.2, 0) is 4.79 Å². The van der Waals surface area contributed by atoms with E-state index in [4.69, 9.17) is 16.7 Å². The molecule has 0 saturated carbocycles. The highest BCUT2D eigenvalue weighted by Crippen LogP contribution is 2.32. The van der Waals surface area contributed by atoms with Gasteiger partial charge in [-0.15, -0.1) is 0 Å². The molecular weight excluding hydrogens is 294 g/mol. The monoisotopic (exact) mass is 307 g/mol. The van der Waals surface area contributed by atoms with Crippen molar-refractivity contribution in [2.75, 3.05) is 19.7 Å². The second-order valence-corrected chi connectivity index (χ2v) is 5.36. The summed E-state index contributed by atoms with van der Waals surface area (Å²) in [4.78, 5) is 25.7. The van der Waals surface area contributed by atoms with Gasteiger partial charge < -0.3 is 20.6 Å². The summed E-state index contributed by atoms with van der Waals surface area (Å²) in [6.45, 7) is 0.445. The normalized spacial score (nSPS) is 21.2. The summed E-state index contributed by atoms with van der Waals surface area (Å²) in [6, 6.07) is 6.16. The van der Waals surface area contributed by atoms with Gasteiger partial charge in [-0.05, 0) is 17.7 Å². The quantitative estimate of drug-likeness (QED) is 0.772. The number of benzene rings is 1. The highest BCUT2D eigenvalue weighted by Gasteiger charge is 2.39. The van der Waals surface area contributed by atoms with E-state index in [1.807, 2.05) is 0 Å². The number of aliphatic hydroxyl groups is 1. The fourth-order valence-corrected chi connectivity index (χ4v) is 2.76. The number of β-amino-alcohol motifs (C(OH)–C–C–N with tert-alkyl or cyclic N) is 1. The van der Waals surface area contributed by atoms with Crippen LogP contribution in [0, 0.1) is 0 Å². The molecular formula is C14H14ClN3O3. The minimum Gasteiger partial charge on any atom is -0.395 e. The van der Waals surface area contributed by atoms with E-state index in [9.17, 15) is 9.59 Å². The summed E-state index contributed by atoms with van der Waals surface area (Å²) in [7, 11) is 0. The van der Waals surface area contributed by atoms with Gasteiger partial charge in [-0.1, -0.05) is 23.7 Å². The summed E-state index contributed by atoms with van der Waals surface area (Å²) in [5, 5.41) is 15.0. The molecule has 2 aliphatic rings. The molecule has 1 aromatic carbocycles. The molecule has 3 N–H and O–H groups in total. The van der Waals surface area contributed by atoms with Crippen molar-refractivity contribution < 1.29 is 14.7 Å². The topological polar surface area (TPSA) is 81.7 Å². The minimum atomic E-state index is -0.498. The number of nitrogens with one attached hydrogen (secondary N) is 2. The van der Waals surface area contributed by atoms with Gasteiger partial charge in [-0.25, -0.2) is 4.79 Å². The molecule has 7 heteroatoms. The van der Waals surface area contributed by atoms with Crippen LogP contribution in [-0.4, -0.2) is 41.6 Å². The van der Waals surface area contributed by atoms with Gasteiger partial charge in [-0.2, -0.15) is 0 Å². The van der Waals surface area contributed by atoms with Crippen LogP contribution in [0.5, 0.6) is 0 Å². The fourth-order valence-electron chi connectivity index (χ4n) is 2.63. The van der Waals surface area contributed by atoms with Crippen LogP contribution in [0.3, 0.4) is 0 Å². The van der Waals surface area contributed by atoms with Gasteiger partial charge in [0.15, 0.2) is 0 Å². The summed E-state index contributed by atoms with van der Waals surface area (Å²) in [6.07, 6.45) is 0. The van der Waals surface area contributed by atoms with E-state index in [0.29, 0.717) is 22.8 Å². The van der Waals surface area contributed by atoms with E-state index in [1.54, 1.807) is 24.3 Å². The lowest BCUT2D eigenvalue weighted by Crippen LogP contribution is -2.44. The van der Waals surface area contributed by atoms with Crippen LogP contribution < -0.4 is 10.6 Å². The number of aliphatic hydroxyl groups excluding tert-OH is 1. The van der Waals surface area contributed by atoms with E-state index >= 15 is 0 Å². The largest absolute Gasteiger partial charge is 0.395 e. The number of carbonyl (C=O) groups excluding carboxylic acids is 2. The smallest absolute Gasteiger partial charge is 0.319 e. The number of rotatable bonds is 3. The van der Waals surface area contributed by atoms with Crippen molar-refractivity contribution in [3.05, 3.63) is 46.1 Å². The number of hydrogen-bond acceptors (Lipinski definition) is 3. The molecule has 6 nitrogen and oxygen atoms in total. The zero-order valence-electron chi connectivity index (χ0n) is 11.1. The van der Waals surface area contributed by atoms with Crippen LogP contribution in [0.4, 0.5) is 4.79 Å². The van der Waals surface area contributed by atoms with Crippen molar-refractivity contribution in [2.24, 2.45) is 0 Å². The van der Waals surface area contributed by atoms with E-state index < -0.39 is 6.04 Å². The van der Waals surface area contributed by atoms with Gasteiger partial charge >= 0.3 is 6.03 Å². The van der Waals surface area contributed by atoms with Crippen molar-refractivity contribution in [2.45, 2.75) is 6.04 Å². The van der Waals surface area contributed by atoms with E-state index in [-0.39, 0.29) is 25.1 Å². The lowest BCUT2D eigenvalue weighted by Gasteiger charge is -2.25. The second kappa shape index (κ2) is 5.38. The predicted octanol–water partition coefficient (Wildman–Crippen LogP) is 0.782. The van der Waals surface area contributed by atoms with E-state index in [1.165, 1.54) is 4.90 Å². The molecule has 1 atom stereocenters. The number of amides is 3. The average molecular weight is 308 g/mol. The maximum atomic E-state index is 12.4.